The first-order valence-electron chi connectivity index (χ1n) is 11.0. The lowest BCUT2D eigenvalue weighted by molar-refractivity contribution is -0.117. The molecule has 0 radical (unpaired) electrons. The molecule has 9 nitrogen and oxygen atoms in total. The first-order chi connectivity index (χ1) is 16.0. The molecule has 1 aromatic carbocycles. The van der Waals surface area contributed by atoms with Gasteiger partial charge in [-0.25, -0.2) is 4.98 Å². The molecular formula is C24H22N6O3. The van der Waals surface area contributed by atoms with Crippen molar-refractivity contribution in [1.82, 2.24) is 15.1 Å². The van der Waals surface area contributed by atoms with E-state index in [0.717, 1.165) is 42.4 Å². The second-order valence-corrected chi connectivity index (χ2v) is 8.53. The van der Waals surface area contributed by atoms with Crippen LogP contribution in [0.5, 0.6) is 0 Å². The number of nitrogens with two attached hydrogens (primary N) is 1. The minimum Gasteiger partial charge on any atom is -0.361 e. The fourth-order valence-corrected chi connectivity index (χ4v) is 4.43. The monoisotopic (exact) mass is 442 g/mol. The average Bonchev–Trinajstić information content (AvgIpc) is 3.51. The van der Waals surface area contributed by atoms with Crippen LogP contribution in [0.25, 0.3) is 11.1 Å². The van der Waals surface area contributed by atoms with Gasteiger partial charge in [-0.05, 0) is 60.1 Å². The van der Waals surface area contributed by atoms with Crippen molar-refractivity contribution in [3.05, 3.63) is 59.4 Å². The van der Waals surface area contributed by atoms with Crippen molar-refractivity contribution in [2.24, 2.45) is 17.6 Å². The SMILES string of the molecule is N#C[C@@H]1C[C@H]1C(=O)Nc1cc(-c2ccc3c(c2)CCCC[C@@H]3c2noc(C(N)=O)n2)ccn1. The van der Waals surface area contributed by atoms with E-state index in [2.05, 4.69) is 38.6 Å². The molecule has 1 fully saturated rings. The van der Waals surface area contributed by atoms with Gasteiger partial charge in [-0.1, -0.05) is 29.8 Å². The van der Waals surface area contributed by atoms with Crippen LogP contribution in [0.15, 0.2) is 41.1 Å². The second kappa shape index (κ2) is 8.47. The first kappa shape index (κ1) is 20.8. The molecule has 0 aliphatic heterocycles. The fourth-order valence-electron chi connectivity index (χ4n) is 4.43. The van der Waals surface area contributed by atoms with Crippen molar-refractivity contribution in [2.45, 2.75) is 38.0 Å². The minimum absolute atomic E-state index is 0.0627. The normalized spacial score (nSPS) is 21.4. The number of fused-ring (bicyclic) bond motifs is 1. The van der Waals surface area contributed by atoms with Gasteiger partial charge in [-0.3, -0.25) is 9.59 Å². The number of nitrogens with zero attached hydrogens (tertiary/aromatic N) is 4. The number of carbonyl (C=O) groups is 2. The van der Waals surface area contributed by atoms with Crippen LogP contribution in [0.3, 0.4) is 0 Å². The maximum Gasteiger partial charge on any atom is 0.315 e. The Labute approximate surface area is 190 Å². The van der Waals surface area contributed by atoms with Crippen LogP contribution in [0, 0.1) is 23.2 Å². The van der Waals surface area contributed by atoms with Crippen LogP contribution in [-0.4, -0.2) is 26.9 Å². The molecule has 3 N–H and O–H groups in total. The summed E-state index contributed by atoms with van der Waals surface area (Å²) in [6.45, 7) is 0. The fraction of sp³-hybridized carbons (Fsp3) is 0.333. The van der Waals surface area contributed by atoms with Crippen LogP contribution in [0.1, 0.15) is 59.2 Å². The summed E-state index contributed by atoms with van der Waals surface area (Å²) in [6.07, 6.45) is 6.10. The molecule has 2 amide bonds. The molecule has 3 atom stereocenters. The number of hydrogen-bond donors (Lipinski definition) is 2. The van der Waals surface area contributed by atoms with E-state index in [1.165, 1.54) is 5.56 Å². The smallest absolute Gasteiger partial charge is 0.315 e. The molecule has 2 aliphatic carbocycles. The van der Waals surface area contributed by atoms with Gasteiger partial charge < -0.3 is 15.6 Å². The Balaban J connectivity index is 1.41. The highest BCUT2D eigenvalue weighted by Gasteiger charge is 2.43. The Hall–Kier alpha value is -4.06. The molecular weight excluding hydrogens is 420 g/mol. The highest BCUT2D eigenvalue weighted by molar-refractivity contribution is 5.94. The van der Waals surface area contributed by atoms with Crippen molar-refractivity contribution in [3.63, 3.8) is 0 Å². The van der Waals surface area contributed by atoms with Crippen molar-refractivity contribution in [3.8, 4) is 17.2 Å². The molecule has 2 aliphatic rings. The Morgan fingerprint density at radius 1 is 1.18 bits per heavy atom. The number of amides is 2. The van der Waals surface area contributed by atoms with Gasteiger partial charge in [0.15, 0.2) is 5.82 Å². The van der Waals surface area contributed by atoms with Crippen LogP contribution in [0.4, 0.5) is 5.82 Å². The van der Waals surface area contributed by atoms with E-state index >= 15 is 0 Å². The minimum atomic E-state index is -0.733. The number of anilines is 1. The summed E-state index contributed by atoms with van der Waals surface area (Å²) in [7, 11) is 0. The molecule has 3 aromatic rings. The van der Waals surface area contributed by atoms with E-state index in [9.17, 15) is 9.59 Å². The molecule has 5 rings (SSSR count). The van der Waals surface area contributed by atoms with E-state index in [0.29, 0.717) is 18.1 Å². The second-order valence-electron chi connectivity index (χ2n) is 8.53. The van der Waals surface area contributed by atoms with E-state index in [-0.39, 0.29) is 29.6 Å². The standard InChI is InChI=1S/C24H22N6O3/c25-12-16-10-19(16)23(32)28-20-11-14(7-8-27-20)13-5-6-17-15(9-13)3-1-2-4-18(17)22-29-24(21(26)31)33-30-22/h5-9,11,16,18-19H,1-4,10H2,(H2,26,31)(H,27,28,32)/t16-,18-,19+/m0/s1. The summed E-state index contributed by atoms with van der Waals surface area (Å²) in [5, 5.41) is 15.8. The Morgan fingerprint density at radius 2 is 2.03 bits per heavy atom. The zero-order valence-electron chi connectivity index (χ0n) is 17.8. The Kier molecular flexibility index (Phi) is 5.34. The molecule has 0 spiro atoms. The number of pyridine rings is 1. The van der Waals surface area contributed by atoms with Crippen LogP contribution in [0.2, 0.25) is 0 Å². The molecule has 0 bridgehead atoms. The summed E-state index contributed by atoms with van der Waals surface area (Å²) in [5.74, 6) is -0.619. The quantitative estimate of drug-likeness (QED) is 0.577. The third kappa shape index (κ3) is 4.20. The summed E-state index contributed by atoms with van der Waals surface area (Å²) in [6, 6.07) is 12.1. The number of primary amides is 1. The van der Waals surface area contributed by atoms with Gasteiger partial charge >= 0.3 is 11.8 Å². The number of nitrogens with one attached hydrogen (secondary N) is 1. The zero-order chi connectivity index (χ0) is 22.9. The van der Waals surface area contributed by atoms with Crippen molar-refractivity contribution < 1.29 is 14.1 Å². The average molecular weight is 442 g/mol. The summed E-state index contributed by atoms with van der Waals surface area (Å²) in [5.41, 5.74) is 9.52. The highest BCUT2D eigenvalue weighted by atomic mass is 16.5. The van der Waals surface area contributed by atoms with Crippen LogP contribution < -0.4 is 11.1 Å². The summed E-state index contributed by atoms with van der Waals surface area (Å²) in [4.78, 5) is 32.1. The van der Waals surface area contributed by atoms with E-state index < -0.39 is 5.91 Å². The van der Waals surface area contributed by atoms with Gasteiger partial charge in [0.2, 0.25) is 5.91 Å². The Morgan fingerprint density at radius 3 is 2.79 bits per heavy atom. The predicted octanol–water partition coefficient (Wildman–Crippen LogP) is 3.19. The molecule has 33 heavy (non-hydrogen) atoms. The summed E-state index contributed by atoms with van der Waals surface area (Å²) >= 11 is 0. The number of aryl methyl sites for hydroxylation is 1. The molecule has 166 valence electrons. The number of benzene rings is 1. The van der Waals surface area contributed by atoms with Gasteiger partial charge in [-0.15, -0.1) is 0 Å². The number of nitriles is 1. The van der Waals surface area contributed by atoms with Crippen LogP contribution >= 0.6 is 0 Å². The van der Waals surface area contributed by atoms with Crippen LogP contribution in [-0.2, 0) is 11.2 Å². The third-order valence-corrected chi connectivity index (χ3v) is 6.31. The molecule has 0 unspecified atom stereocenters. The lowest BCUT2D eigenvalue weighted by Crippen LogP contribution is -2.15. The van der Waals surface area contributed by atoms with Gasteiger partial charge in [0, 0.05) is 12.1 Å². The maximum absolute atomic E-state index is 12.3. The molecule has 9 heteroatoms. The lowest BCUT2D eigenvalue weighted by Gasteiger charge is -2.15. The number of aromatic nitrogens is 3. The van der Waals surface area contributed by atoms with Crippen molar-refractivity contribution >= 4 is 17.6 Å². The topological polar surface area (TPSA) is 148 Å². The number of hydrogen-bond acceptors (Lipinski definition) is 7. The maximum atomic E-state index is 12.3. The van der Waals surface area contributed by atoms with Gasteiger partial charge in [-0.2, -0.15) is 10.2 Å². The molecule has 2 aromatic heterocycles. The van der Waals surface area contributed by atoms with E-state index in [4.69, 9.17) is 15.5 Å². The van der Waals surface area contributed by atoms with E-state index in [1.807, 2.05) is 18.2 Å². The third-order valence-electron chi connectivity index (χ3n) is 6.31. The number of carbonyl (C=O) groups excluding carboxylic acids is 2. The van der Waals surface area contributed by atoms with Crippen molar-refractivity contribution in [1.29, 1.82) is 5.26 Å². The van der Waals surface area contributed by atoms with E-state index in [1.54, 1.807) is 6.20 Å². The summed E-state index contributed by atoms with van der Waals surface area (Å²) < 4.78 is 5.01. The number of rotatable bonds is 5. The molecule has 1 saturated carbocycles. The van der Waals surface area contributed by atoms with Gasteiger partial charge in [0.05, 0.1) is 17.9 Å². The largest absolute Gasteiger partial charge is 0.361 e. The van der Waals surface area contributed by atoms with Crippen molar-refractivity contribution in [2.75, 3.05) is 5.32 Å². The van der Waals surface area contributed by atoms with Gasteiger partial charge in [0.25, 0.3) is 0 Å². The highest BCUT2D eigenvalue weighted by Crippen LogP contribution is 2.39. The Bertz CT molecular complexity index is 1280. The molecule has 2 heterocycles. The molecule has 0 saturated heterocycles. The first-order valence-corrected chi connectivity index (χ1v) is 11.0. The predicted molar refractivity (Wildman–Crippen MR) is 118 cm³/mol. The van der Waals surface area contributed by atoms with Gasteiger partial charge in [0.1, 0.15) is 5.82 Å². The lowest BCUT2D eigenvalue weighted by atomic mass is 9.90. The zero-order valence-corrected chi connectivity index (χ0v) is 17.8.